The quantitative estimate of drug-likeness (QED) is 0.435. The van der Waals surface area contributed by atoms with Crippen molar-refractivity contribution in [3.05, 3.63) is 57.9 Å². The highest BCUT2D eigenvalue weighted by Crippen LogP contribution is 2.34. The van der Waals surface area contributed by atoms with Gasteiger partial charge < -0.3 is 28.5 Å². The van der Waals surface area contributed by atoms with Gasteiger partial charge in [-0.25, -0.2) is 0 Å². The summed E-state index contributed by atoms with van der Waals surface area (Å²) in [7, 11) is 3.27. The topological polar surface area (TPSA) is 90.6 Å². The first-order chi connectivity index (χ1) is 16.0. The second-order valence-corrected chi connectivity index (χ2v) is 7.50. The van der Waals surface area contributed by atoms with E-state index in [1.54, 1.807) is 45.4 Å². The van der Waals surface area contributed by atoms with Crippen LogP contribution in [-0.4, -0.2) is 57.1 Å². The summed E-state index contributed by atoms with van der Waals surface area (Å²) in [5.74, 6) is 1.42. The Morgan fingerprint density at radius 3 is 2.30 bits per heavy atom. The summed E-state index contributed by atoms with van der Waals surface area (Å²) >= 11 is 0. The van der Waals surface area contributed by atoms with Crippen LogP contribution in [0.2, 0.25) is 0 Å². The van der Waals surface area contributed by atoms with E-state index in [1.807, 2.05) is 13.0 Å². The van der Waals surface area contributed by atoms with Crippen molar-refractivity contribution in [2.75, 3.05) is 47.1 Å². The molecule has 0 bridgehead atoms. The van der Waals surface area contributed by atoms with Crippen molar-refractivity contribution in [2.24, 2.45) is 0 Å². The smallest absolute Gasteiger partial charge is 0.235 e. The van der Waals surface area contributed by atoms with Crippen LogP contribution >= 0.6 is 0 Å². The summed E-state index contributed by atoms with van der Waals surface area (Å²) < 4.78 is 28.0. The molecule has 0 saturated carbocycles. The summed E-state index contributed by atoms with van der Waals surface area (Å²) in [6.45, 7) is 6.69. The molecule has 0 saturated heterocycles. The molecule has 2 aromatic carbocycles. The zero-order chi connectivity index (χ0) is 23.8. The maximum Gasteiger partial charge on any atom is 0.235 e. The molecule has 3 aromatic rings. The van der Waals surface area contributed by atoms with E-state index in [-0.39, 0.29) is 16.9 Å². The van der Waals surface area contributed by atoms with Gasteiger partial charge >= 0.3 is 0 Å². The standard InChI is InChI=1S/C25H31NO7/c1-5-31-21-8-6-7-9-22(21)33-24-17(2)32-25-18(23(24)28)10-11-20(27)19(25)16-26(12-14-29-3)13-15-30-4/h6-11,27H,5,12-16H2,1-4H3. The number of para-hydroxylation sites is 2. The predicted octanol–water partition coefficient (Wildman–Crippen LogP) is 4.09. The number of phenolic OH excluding ortho intramolecular Hbond substituents is 1. The largest absolute Gasteiger partial charge is 0.507 e. The number of benzene rings is 2. The predicted molar refractivity (Wildman–Crippen MR) is 126 cm³/mol. The average molecular weight is 458 g/mol. The molecule has 33 heavy (non-hydrogen) atoms. The Kier molecular flexibility index (Phi) is 8.71. The average Bonchev–Trinajstić information content (AvgIpc) is 2.81. The van der Waals surface area contributed by atoms with Crippen LogP contribution in [0.3, 0.4) is 0 Å². The maximum atomic E-state index is 13.4. The summed E-state index contributed by atoms with van der Waals surface area (Å²) in [5, 5.41) is 10.9. The third-order valence-corrected chi connectivity index (χ3v) is 5.23. The van der Waals surface area contributed by atoms with Crippen LogP contribution in [0, 0.1) is 6.92 Å². The number of hydrogen-bond acceptors (Lipinski definition) is 8. The molecule has 0 aliphatic rings. The van der Waals surface area contributed by atoms with Gasteiger partial charge in [-0.05, 0) is 38.1 Å². The van der Waals surface area contributed by atoms with E-state index in [1.165, 1.54) is 6.07 Å². The number of rotatable bonds is 12. The molecule has 8 nitrogen and oxygen atoms in total. The molecule has 0 fully saturated rings. The summed E-state index contributed by atoms with van der Waals surface area (Å²) in [6.07, 6.45) is 0. The van der Waals surface area contributed by atoms with E-state index in [0.717, 1.165) is 0 Å². The highest BCUT2D eigenvalue weighted by molar-refractivity contribution is 5.83. The molecule has 8 heteroatoms. The fourth-order valence-electron chi connectivity index (χ4n) is 3.52. The van der Waals surface area contributed by atoms with Crippen molar-refractivity contribution in [3.63, 3.8) is 0 Å². The number of ether oxygens (including phenoxy) is 4. The van der Waals surface area contributed by atoms with Crippen molar-refractivity contribution in [2.45, 2.75) is 20.4 Å². The lowest BCUT2D eigenvalue weighted by Gasteiger charge is -2.22. The zero-order valence-corrected chi connectivity index (χ0v) is 19.6. The van der Waals surface area contributed by atoms with Gasteiger partial charge in [0.2, 0.25) is 11.2 Å². The Balaban J connectivity index is 2.02. The van der Waals surface area contributed by atoms with Gasteiger partial charge in [0.15, 0.2) is 11.5 Å². The van der Waals surface area contributed by atoms with Crippen LogP contribution in [0.5, 0.6) is 23.0 Å². The fourth-order valence-corrected chi connectivity index (χ4v) is 3.52. The second kappa shape index (κ2) is 11.7. The summed E-state index contributed by atoms with van der Waals surface area (Å²) in [6, 6.07) is 10.2. The first kappa shape index (κ1) is 24.6. The molecule has 0 aliphatic heterocycles. The van der Waals surface area contributed by atoms with Gasteiger partial charge in [0, 0.05) is 33.9 Å². The minimum atomic E-state index is -0.318. The molecule has 1 heterocycles. The molecule has 178 valence electrons. The Bertz CT molecular complexity index is 1120. The SMILES string of the molecule is CCOc1ccccc1Oc1c(C)oc2c(CN(CCOC)CCOC)c(O)ccc2c1=O. The van der Waals surface area contributed by atoms with E-state index < -0.39 is 0 Å². The monoisotopic (exact) mass is 457 g/mol. The van der Waals surface area contributed by atoms with Crippen LogP contribution in [0.4, 0.5) is 0 Å². The lowest BCUT2D eigenvalue weighted by atomic mass is 10.1. The summed E-state index contributed by atoms with van der Waals surface area (Å²) in [4.78, 5) is 15.4. The number of aryl methyl sites for hydroxylation is 1. The van der Waals surface area contributed by atoms with Crippen molar-refractivity contribution >= 4 is 11.0 Å². The number of phenols is 1. The number of hydrogen-bond donors (Lipinski definition) is 1. The summed E-state index contributed by atoms with van der Waals surface area (Å²) in [5.41, 5.74) is 0.547. The first-order valence-electron chi connectivity index (χ1n) is 10.9. The highest BCUT2D eigenvalue weighted by Gasteiger charge is 2.21. The molecule has 1 N–H and O–H groups in total. The maximum absolute atomic E-state index is 13.4. The van der Waals surface area contributed by atoms with E-state index in [0.29, 0.717) is 73.2 Å². The minimum Gasteiger partial charge on any atom is -0.507 e. The molecular formula is C25H31NO7. The van der Waals surface area contributed by atoms with Gasteiger partial charge in [-0.2, -0.15) is 0 Å². The van der Waals surface area contributed by atoms with Crippen LogP contribution in [-0.2, 0) is 16.0 Å². The Labute approximate surface area is 193 Å². The van der Waals surface area contributed by atoms with E-state index in [2.05, 4.69) is 4.90 Å². The Morgan fingerprint density at radius 1 is 1.00 bits per heavy atom. The van der Waals surface area contributed by atoms with Crippen LogP contribution < -0.4 is 14.9 Å². The normalized spacial score (nSPS) is 11.3. The third-order valence-electron chi connectivity index (χ3n) is 5.23. The van der Waals surface area contributed by atoms with E-state index in [4.69, 9.17) is 23.4 Å². The van der Waals surface area contributed by atoms with Gasteiger partial charge in [0.1, 0.15) is 17.1 Å². The van der Waals surface area contributed by atoms with Crippen LogP contribution in [0.25, 0.3) is 11.0 Å². The van der Waals surface area contributed by atoms with Gasteiger partial charge in [-0.3, -0.25) is 9.69 Å². The molecule has 0 amide bonds. The van der Waals surface area contributed by atoms with Crippen molar-refractivity contribution in [1.29, 1.82) is 0 Å². The Morgan fingerprint density at radius 2 is 1.67 bits per heavy atom. The van der Waals surface area contributed by atoms with Crippen LogP contribution in [0.1, 0.15) is 18.2 Å². The number of fused-ring (bicyclic) bond motifs is 1. The molecule has 0 aliphatic carbocycles. The van der Waals surface area contributed by atoms with Gasteiger partial charge in [-0.1, -0.05) is 12.1 Å². The van der Waals surface area contributed by atoms with E-state index in [9.17, 15) is 9.90 Å². The Hall–Kier alpha value is -3.07. The van der Waals surface area contributed by atoms with Crippen molar-refractivity contribution in [1.82, 2.24) is 4.90 Å². The lowest BCUT2D eigenvalue weighted by molar-refractivity contribution is 0.110. The molecule has 0 spiro atoms. The lowest BCUT2D eigenvalue weighted by Crippen LogP contribution is -2.30. The minimum absolute atomic E-state index is 0.0558. The van der Waals surface area contributed by atoms with E-state index >= 15 is 0 Å². The highest BCUT2D eigenvalue weighted by atomic mass is 16.5. The van der Waals surface area contributed by atoms with Crippen LogP contribution in [0.15, 0.2) is 45.6 Å². The third kappa shape index (κ3) is 5.84. The number of nitrogens with zero attached hydrogens (tertiary/aromatic N) is 1. The zero-order valence-electron chi connectivity index (χ0n) is 19.6. The molecule has 1 aromatic heterocycles. The number of aromatic hydroxyl groups is 1. The molecule has 0 atom stereocenters. The fraction of sp³-hybridized carbons (Fsp3) is 0.400. The molecule has 0 radical (unpaired) electrons. The number of methoxy groups -OCH3 is 2. The van der Waals surface area contributed by atoms with Crippen molar-refractivity contribution in [3.8, 4) is 23.0 Å². The van der Waals surface area contributed by atoms with Gasteiger partial charge in [-0.15, -0.1) is 0 Å². The second-order valence-electron chi connectivity index (χ2n) is 7.50. The molecule has 3 rings (SSSR count). The first-order valence-corrected chi connectivity index (χ1v) is 10.9. The molecular weight excluding hydrogens is 426 g/mol. The molecule has 0 unspecified atom stereocenters. The van der Waals surface area contributed by atoms with Gasteiger partial charge in [0.25, 0.3) is 0 Å². The van der Waals surface area contributed by atoms with Gasteiger partial charge in [0.05, 0.1) is 30.8 Å². The van der Waals surface area contributed by atoms with Crippen molar-refractivity contribution < 1.29 is 28.5 Å².